The van der Waals surface area contributed by atoms with E-state index in [-0.39, 0.29) is 5.69 Å². The van der Waals surface area contributed by atoms with Gasteiger partial charge in [-0.2, -0.15) is 13.2 Å². The number of urea groups is 1. The lowest BCUT2D eigenvalue weighted by atomic mass is 10.2. The Balaban J connectivity index is 1.96. The summed E-state index contributed by atoms with van der Waals surface area (Å²) >= 11 is 1.32. The number of alkyl halides is 3. The number of anilines is 2. The highest BCUT2D eigenvalue weighted by Crippen LogP contribution is 2.30. The van der Waals surface area contributed by atoms with Crippen molar-refractivity contribution >= 4 is 28.2 Å². The van der Waals surface area contributed by atoms with E-state index in [0.717, 1.165) is 30.0 Å². The highest BCUT2D eigenvalue weighted by molar-refractivity contribution is 7.15. The zero-order valence-electron chi connectivity index (χ0n) is 12.2. The summed E-state index contributed by atoms with van der Waals surface area (Å²) in [6.07, 6.45) is -2.02. The second-order valence-electron chi connectivity index (χ2n) is 4.64. The summed E-state index contributed by atoms with van der Waals surface area (Å²) in [5.74, 6) is 0. The van der Waals surface area contributed by atoms with Gasteiger partial charge in [-0.25, -0.2) is 9.78 Å². The molecule has 0 saturated carbocycles. The normalized spacial score (nSPS) is 11.3. The molecule has 23 heavy (non-hydrogen) atoms. The Morgan fingerprint density at radius 1 is 1.30 bits per heavy atom. The first-order valence-corrected chi connectivity index (χ1v) is 7.54. The molecule has 1 aromatic heterocycles. The fraction of sp³-hybridized carbons (Fsp3) is 0.286. The third-order valence-electron chi connectivity index (χ3n) is 2.84. The van der Waals surface area contributed by atoms with E-state index in [2.05, 4.69) is 20.9 Å². The molecule has 3 N–H and O–H groups in total. The Hall–Kier alpha value is -2.13. The first-order chi connectivity index (χ1) is 10.9. The minimum Gasteiger partial charge on any atom is -0.319 e. The van der Waals surface area contributed by atoms with E-state index in [9.17, 15) is 18.0 Å². The highest BCUT2D eigenvalue weighted by atomic mass is 32.1. The Morgan fingerprint density at radius 3 is 2.78 bits per heavy atom. The van der Waals surface area contributed by atoms with Gasteiger partial charge in [0.2, 0.25) is 0 Å². The molecule has 9 heteroatoms. The van der Waals surface area contributed by atoms with Gasteiger partial charge in [0, 0.05) is 16.8 Å². The van der Waals surface area contributed by atoms with Gasteiger partial charge in [-0.1, -0.05) is 6.07 Å². The molecule has 2 aromatic rings. The van der Waals surface area contributed by atoms with Gasteiger partial charge >= 0.3 is 12.2 Å². The lowest BCUT2D eigenvalue weighted by molar-refractivity contribution is -0.137. The second kappa shape index (κ2) is 7.42. The van der Waals surface area contributed by atoms with Crippen LogP contribution in [0.4, 0.5) is 28.8 Å². The van der Waals surface area contributed by atoms with Crippen LogP contribution in [0.25, 0.3) is 0 Å². The van der Waals surface area contributed by atoms with Gasteiger partial charge in [0.15, 0.2) is 5.13 Å². The lowest BCUT2D eigenvalue weighted by Crippen LogP contribution is -2.19. The van der Waals surface area contributed by atoms with Crippen LogP contribution in [0.2, 0.25) is 0 Å². The minimum absolute atomic E-state index is 0.0595. The molecule has 0 radical (unpaired) electrons. The maximum Gasteiger partial charge on any atom is 0.416 e. The molecule has 0 aliphatic rings. The fourth-order valence-electron chi connectivity index (χ4n) is 1.76. The first-order valence-electron chi connectivity index (χ1n) is 6.73. The molecule has 0 saturated heterocycles. The summed E-state index contributed by atoms with van der Waals surface area (Å²) in [4.78, 5) is 16.9. The van der Waals surface area contributed by atoms with Crippen molar-refractivity contribution in [3.63, 3.8) is 0 Å². The van der Waals surface area contributed by atoms with Crippen LogP contribution in [-0.2, 0) is 12.6 Å². The van der Waals surface area contributed by atoms with E-state index in [4.69, 9.17) is 0 Å². The summed E-state index contributed by atoms with van der Waals surface area (Å²) < 4.78 is 37.8. The standard InChI is InChI=1S/C14H15F3N4OS/c1-18-6-5-11-8-19-13(23-11)21-12(22)20-10-4-2-3-9(7-10)14(15,16)17/h2-4,7-8,18H,5-6H2,1H3,(H2,19,20,21,22). The number of hydrogen-bond donors (Lipinski definition) is 3. The average molecular weight is 344 g/mol. The molecule has 5 nitrogen and oxygen atoms in total. The smallest absolute Gasteiger partial charge is 0.319 e. The first kappa shape index (κ1) is 17.2. The maximum atomic E-state index is 12.6. The number of halogens is 3. The second-order valence-corrected chi connectivity index (χ2v) is 5.76. The van der Waals surface area contributed by atoms with Gasteiger partial charge in [0.1, 0.15) is 0 Å². The molecule has 1 aromatic carbocycles. The summed E-state index contributed by atoms with van der Waals surface area (Å²) in [6.45, 7) is 0.790. The summed E-state index contributed by atoms with van der Waals surface area (Å²) in [7, 11) is 1.84. The van der Waals surface area contributed by atoms with Crippen LogP contribution < -0.4 is 16.0 Å². The van der Waals surface area contributed by atoms with E-state index in [1.165, 1.54) is 23.5 Å². The summed E-state index contributed by atoms with van der Waals surface area (Å²) in [5.41, 5.74) is -0.761. The number of nitrogens with one attached hydrogen (secondary N) is 3. The predicted molar refractivity (Wildman–Crippen MR) is 83.8 cm³/mol. The Morgan fingerprint density at radius 2 is 2.09 bits per heavy atom. The quantitative estimate of drug-likeness (QED) is 0.777. The number of amides is 2. The van der Waals surface area contributed by atoms with Crippen molar-refractivity contribution in [2.24, 2.45) is 0 Å². The van der Waals surface area contributed by atoms with Crippen molar-refractivity contribution in [3.8, 4) is 0 Å². The number of carbonyl (C=O) groups excluding carboxylic acids is 1. The molecule has 124 valence electrons. The fourth-order valence-corrected chi connectivity index (χ4v) is 2.57. The molecule has 0 atom stereocenters. The van der Waals surface area contributed by atoms with Gasteiger partial charge in [-0.05, 0) is 38.2 Å². The molecule has 1 heterocycles. The number of hydrogen-bond acceptors (Lipinski definition) is 4. The molecular formula is C14H15F3N4OS. The number of nitrogens with zero attached hydrogens (tertiary/aromatic N) is 1. The molecule has 0 unspecified atom stereocenters. The molecule has 0 aliphatic carbocycles. The predicted octanol–water partition coefficient (Wildman–Crippen LogP) is 3.57. The van der Waals surface area contributed by atoms with Crippen LogP contribution in [0.1, 0.15) is 10.4 Å². The van der Waals surface area contributed by atoms with Crippen molar-refractivity contribution in [2.75, 3.05) is 24.2 Å². The van der Waals surface area contributed by atoms with Crippen LogP contribution in [0.3, 0.4) is 0 Å². The topological polar surface area (TPSA) is 66.0 Å². The van der Waals surface area contributed by atoms with Crippen molar-refractivity contribution in [2.45, 2.75) is 12.6 Å². The van der Waals surface area contributed by atoms with E-state index >= 15 is 0 Å². The van der Waals surface area contributed by atoms with Crippen molar-refractivity contribution in [3.05, 3.63) is 40.9 Å². The monoisotopic (exact) mass is 344 g/mol. The number of rotatable bonds is 5. The van der Waals surface area contributed by atoms with Crippen LogP contribution in [0.5, 0.6) is 0 Å². The highest BCUT2D eigenvalue weighted by Gasteiger charge is 2.30. The molecule has 2 rings (SSSR count). The largest absolute Gasteiger partial charge is 0.416 e. The molecule has 0 bridgehead atoms. The van der Waals surface area contributed by atoms with Crippen LogP contribution in [0.15, 0.2) is 30.5 Å². The van der Waals surface area contributed by atoms with Crippen LogP contribution >= 0.6 is 11.3 Å². The van der Waals surface area contributed by atoms with Crippen molar-refractivity contribution in [1.29, 1.82) is 0 Å². The van der Waals surface area contributed by atoms with Crippen LogP contribution in [-0.4, -0.2) is 24.6 Å². The third-order valence-corrected chi connectivity index (χ3v) is 3.82. The number of carbonyl (C=O) groups is 1. The SMILES string of the molecule is CNCCc1cnc(NC(=O)Nc2cccc(C(F)(F)F)c2)s1. The number of aromatic nitrogens is 1. The Bertz CT molecular complexity index is 672. The average Bonchev–Trinajstić information content (AvgIpc) is 2.91. The number of thiazole rings is 1. The number of likely N-dealkylation sites (N-methyl/N-ethyl adjacent to an activating group) is 1. The maximum absolute atomic E-state index is 12.6. The molecule has 2 amide bonds. The Kier molecular flexibility index (Phi) is 5.56. The zero-order valence-corrected chi connectivity index (χ0v) is 13.0. The van der Waals surface area contributed by atoms with Gasteiger partial charge < -0.3 is 10.6 Å². The van der Waals surface area contributed by atoms with Gasteiger partial charge in [-0.3, -0.25) is 5.32 Å². The number of benzene rings is 1. The van der Waals surface area contributed by atoms with E-state index < -0.39 is 17.8 Å². The Labute approximate surface area is 134 Å². The van der Waals surface area contributed by atoms with Gasteiger partial charge in [0.05, 0.1) is 5.56 Å². The van der Waals surface area contributed by atoms with Gasteiger partial charge in [-0.15, -0.1) is 11.3 Å². The van der Waals surface area contributed by atoms with E-state index in [0.29, 0.717) is 5.13 Å². The summed E-state index contributed by atoms with van der Waals surface area (Å²) in [5, 5.41) is 8.25. The molecular weight excluding hydrogens is 329 g/mol. The van der Waals surface area contributed by atoms with E-state index in [1.807, 2.05) is 7.05 Å². The molecule has 0 fully saturated rings. The van der Waals surface area contributed by atoms with Crippen molar-refractivity contribution < 1.29 is 18.0 Å². The third kappa shape index (κ3) is 5.22. The molecule has 0 aliphatic heterocycles. The molecule has 0 spiro atoms. The minimum atomic E-state index is -4.45. The van der Waals surface area contributed by atoms with Gasteiger partial charge in [0.25, 0.3) is 0 Å². The van der Waals surface area contributed by atoms with E-state index in [1.54, 1.807) is 6.20 Å². The zero-order chi connectivity index (χ0) is 16.9. The summed E-state index contributed by atoms with van der Waals surface area (Å²) in [6, 6.07) is 3.79. The van der Waals surface area contributed by atoms with Crippen molar-refractivity contribution in [1.82, 2.24) is 10.3 Å². The lowest BCUT2D eigenvalue weighted by Gasteiger charge is -2.09. The van der Waals surface area contributed by atoms with Crippen LogP contribution in [0, 0.1) is 0 Å².